The molecule has 22 heavy (non-hydrogen) atoms. The van der Waals surface area contributed by atoms with E-state index >= 15 is 0 Å². The van der Waals surface area contributed by atoms with Crippen molar-refractivity contribution in [1.29, 1.82) is 0 Å². The van der Waals surface area contributed by atoms with E-state index < -0.39 is 10.0 Å². The van der Waals surface area contributed by atoms with Gasteiger partial charge in [-0.05, 0) is 46.2 Å². The van der Waals surface area contributed by atoms with Crippen molar-refractivity contribution in [1.82, 2.24) is 24.0 Å². The van der Waals surface area contributed by atoms with Crippen molar-refractivity contribution in [3.8, 4) is 0 Å². The molecule has 0 N–H and O–H groups in total. The summed E-state index contributed by atoms with van der Waals surface area (Å²) in [7, 11) is 0.0837. The molecule has 7 nitrogen and oxygen atoms in total. The lowest BCUT2D eigenvalue weighted by Crippen LogP contribution is -2.35. The molecule has 1 saturated heterocycles. The summed E-state index contributed by atoms with van der Waals surface area (Å²) in [4.78, 5) is 6.73. The average Bonchev–Trinajstić information content (AvgIpc) is 2.97. The van der Waals surface area contributed by atoms with Crippen molar-refractivity contribution in [3.63, 3.8) is 0 Å². The van der Waals surface area contributed by atoms with Crippen LogP contribution in [0.3, 0.4) is 0 Å². The van der Waals surface area contributed by atoms with Crippen LogP contribution in [0.2, 0.25) is 0 Å². The molecule has 0 aliphatic carbocycles. The Bertz CT molecular complexity index is 596. The third kappa shape index (κ3) is 4.27. The first-order valence-electron chi connectivity index (χ1n) is 7.82. The summed E-state index contributed by atoms with van der Waals surface area (Å²) in [6.07, 6.45) is 2.98. The van der Waals surface area contributed by atoms with E-state index in [4.69, 9.17) is 0 Å². The first-order valence-corrected chi connectivity index (χ1v) is 9.43. The molecule has 126 valence electrons. The van der Waals surface area contributed by atoms with Gasteiger partial charge in [0.1, 0.15) is 11.6 Å². The summed E-state index contributed by atoms with van der Waals surface area (Å²) < 4.78 is 26.9. The molecule has 2 rings (SSSR count). The summed E-state index contributed by atoms with van der Waals surface area (Å²) in [6, 6.07) is 0.432. The number of aromatic nitrogens is 3. The van der Waals surface area contributed by atoms with Crippen LogP contribution in [0.25, 0.3) is 0 Å². The van der Waals surface area contributed by atoms with Crippen molar-refractivity contribution in [2.24, 2.45) is 0 Å². The highest BCUT2D eigenvalue weighted by molar-refractivity contribution is 7.89. The molecule has 2 heterocycles. The highest BCUT2D eigenvalue weighted by atomic mass is 32.2. The van der Waals surface area contributed by atoms with Crippen molar-refractivity contribution in [2.45, 2.75) is 45.7 Å². The zero-order chi connectivity index (χ0) is 16.3. The van der Waals surface area contributed by atoms with Gasteiger partial charge in [0.15, 0.2) is 0 Å². The summed E-state index contributed by atoms with van der Waals surface area (Å²) in [6.45, 7) is 6.59. The number of hydrogen-bond acceptors (Lipinski definition) is 5. The second-order valence-electron chi connectivity index (χ2n) is 6.17. The summed E-state index contributed by atoms with van der Waals surface area (Å²) in [5.74, 6) is 1.96. The first-order chi connectivity index (χ1) is 10.3. The van der Waals surface area contributed by atoms with E-state index in [1.165, 1.54) is 4.31 Å². The van der Waals surface area contributed by atoms with Crippen LogP contribution >= 0.6 is 0 Å². The van der Waals surface area contributed by atoms with Gasteiger partial charge >= 0.3 is 0 Å². The van der Waals surface area contributed by atoms with Crippen LogP contribution in [-0.2, 0) is 16.6 Å². The largest absolute Gasteiger partial charge is 0.299 e. The van der Waals surface area contributed by atoms with E-state index in [0.717, 1.165) is 44.1 Å². The fourth-order valence-electron chi connectivity index (χ4n) is 2.96. The van der Waals surface area contributed by atoms with Gasteiger partial charge in [0.05, 0.1) is 12.3 Å². The Morgan fingerprint density at radius 3 is 2.64 bits per heavy atom. The van der Waals surface area contributed by atoms with Gasteiger partial charge in [-0.15, -0.1) is 0 Å². The Balaban J connectivity index is 1.87. The van der Waals surface area contributed by atoms with Crippen molar-refractivity contribution in [2.75, 3.05) is 32.9 Å². The van der Waals surface area contributed by atoms with E-state index in [2.05, 4.69) is 15.0 Å². The fourth-order valence-corrected chi connectivity index (χ4v) is 3.82. The molecule has 1 aliphatic heterocycles. The van der Waals surface area contributed by atoms with Gasteiger partial charge in [-0.3, -0.25) is 4.90 Å². The maximum atomic E-state index is 11.8. The van der Waals surface area contributed by atoms with Gasteiger partial charge in [0, 0.05) is 20.1 Å². The maximum absolute atomic E-state index is 11.8. The van der Waals surface area contributed by atoms with E-state index in [-0.39, 0.29) is 5.75 Å². The van der Waals surface area contributed by atoms with Gasteiger partial charge in [-0.25, -0.2) is 22.4 Å². The standard InChI is InChI=1S/C14H27N5O2S/c1-12-15-13(2)19(16-12)11-14-7-5-8-18(14)9-6-10-22(20,21)17(3)4/h14H,5-11H2,1-4H3. The van der Waals surface area contributed by atoms with Gasteiger partial charge in [0.25, 0.3) is 0 Å². The van der Waals surface area contributed by atoms with Gasteiger partial charge < -0.3 is 0 Å². The lowest BCUT2D eigenvalue weighted by molar-refractivity contribution is 0.226. The first kappa shape index (κ1) is 17.4. The monoisotopic (exact) mass is 329 g/mol. The topological polar surface area (TPSA) is 71.3 Å². The second kappa shape index (κ2) is 7.06. The van der Waals surface area contributed by atoms with Crippen LogP contribution in [0.4, 0.5) is 0 Å². The Hall–Kier alpha value is -0.990. The zero-order valence-corrected chi connectivity index (χ0v) is 14.8. The van der Waals surface area contributed by atoms with Crippen LogP contribution in [0, 0.1) is 13.8 Å². The van der Waals surface area contributed by atoms with E-state index in [0.29, 0.717) is 12.5 Å². The number of nitrogens with zero attached hydrogens (tertiary/aromatic N) is 5. The normalized spacial score (nSPS) is 20.1. The second-order valence-corrected chi connectivity index (χ2v) is 8.47. The molecule has 0 radical (unpaired) electrons. The van der Waals surface area contributed by atoms with Crippen LogP contribution < -0.4 is 0 Å². The third-order valence-corrected chi connectivity index (χ3v) is 6.17. The minimum absolute atomic E-state index is 0.213. The minimum Gasteiger partial charge on any atom is -0.299 e. The van der Waals surface area contributed by atoms with E-state index in [9.17, 15) is 8.42 Å². The quantitative estimate of drug-likeness (QED) is 0.734. The summed E-state index contributed by atoms with van der Waals surface area (Å²) >= 11 is 0. The molecule has 0 saturated carbocycles. The minimum atomic E-state index is -3.09. The van der Waals surface area contributed by atoms with Gasteiger partial charge in [-0.1, -0.05) is 0 Å². The molecule has 1 aromatic rings. The highest BCUT2D eigenvalue weighted by Gasteiger charge is 2.26. The van der Waals surface area contributed by atoms with Crippen molar-refractivity contribution in [3.05, 3.63) is 11.6 Å². The Morgan fingerprint density at radius 1 is 1.32 bits per heavy atom. The van der Waals surface area contributed by atoms with Gasteiger partial charge in [-0.2, -0.15) is 5.10 Å². The fraction of sp³-hybridized carbons (Fsp3) is 0.857. The van der Waals surface area contributed by atoms with Crippen LogP contribution in [0.15, 0.2) is 0 Å². The molecule has 1 unspecified atom stereocenters. The predicted molar refractivity (Wildman–Crippen MR) is 86.2 cm³/mol. The Morgan fingerprint density at radius 2 is 2.05 bits per heavy atom. The number of rotatable bonds is 7. The lowest BCUT2D eigenvalue weighted by atomic mass is 10.2. The summed E-state index contributed by atoms with van der Waals surface area (Å²) in [5.41, 5.74) is 0. The smallest absolute Gasteiger partial charge is 0.213 e. The summed E-state index contributed by atoms with van der Waals surface area (Å²) in [5, 5.41) is 4.43. The van der Waals surface area contributed by atoms with E-state index in [1.54, 1.807) is 14.1 Å². The van der Waals surface area contributed by atoms with Crippen LogP contribution in [0.1, 0.15) is 30.9 Å². The molecular weight excluding hydrogens is 302 g/mol. The molecule has 8 heteroatoms. The molecule has 0 bridgehead atoms. The number of likely N-dealkylation sites (tertiary alicyclic amines) is 1. The zero-order valence-electron chi connectivity index (χ0n) is 14.0. The molecule has 0 aromatic carbocycles. The van der Waals surface area contributed by atoms with Crippen molar-refractivity contribution >= 4 is 10.0 Å². The molecule has 1 aromatic heterocycles. The molecule has 0 amide bonds. The maximum Gasteiger partial charge on any atom is 0.213 e. The molecule has 1 fully saturated rings. The SMILES string of the molecule is Cc1nc(C)n(CC2CCCN2CCCS(=O)(=O)N(C)C)n1. The molecular formula is C14H27N5O2S. The highest BCUT2D eigenvalue weighted by Crippen LogP contribution is 2.19. The molecule has 0 spiro atoms. The van der Waals surface area contributed by atoms with Gasteiger partial charge in [0.2, 0.25) is 10.0 Å². The van der Waals surface area contributed by atoms with E-state index in [1.807, 2.05) is 18.5 Å². The number of aryl methyl sites for hydroxylation is 2. The third-order valence-electron chi connectivity index (χ3n) is 4.25. The number of sulfonamides is 1. The Kier molecular flexibility index (Phi) is 5.57. The van der Waals surface area contributed by atoms with Crippen molar-refractivity contribution < 1.29 is 8.42 Å². The lowest BCUT2D eigenvalue weighted by Gasteiger charge is -2.24. The molecule has 1 aliphatic rings. The average molecular weight is 329 g/mol. The van der Waals surface area contributed by atoms with Crippen LogP contribution in [-0.4, -0.2) is 71.4 Å². The predicted octanol–water partition coefficient (Wildman–Crippen LogP) is 0.641. The Labute approximate surface area is 133 Å². The molecule has 1 atom stereocenters. The number of hydrogen-bond donors (Lipinski definition) is 0. The van der Waals surface area contributed by atoms with Crippen LogP contribution in [0.5, 0.6) is 0 Å².